The number of carbonyl (C=O) groups excluding carboxylic acids is 2. The summed E-state index contributed by atoms with van der Waals surface area (Å²) in [5.74, 6) is 2.86. The molecule has 2 spiro atoms. The monoisotopic (exact) mass is 654 g/mol. The molecule has 8 nitrogen and oxygen atoms in total. The molecule has 0 bridgehead atoms. The van der Waals surface area contributed by atoms with E-state index in [9.17, 15) is 14.7 Å². The lowest BCUT2D eigenvalue weighted by Crippen LogP contribution is -2.60. The van der Waals surface area contributed by atoms with Crippen molar-refractivity contribution in [3.8, 4) is 0 Å². The molecule has 6 aliphatic carbocycles. The van der Waals surface area contributed by atoms with E-state index >= 15 is 0 Å². The second-order valence-corrected chi connectivity index (χ2v) is 18.8. The SMILES string of the molecule is CC(=O)NCCC1C[C@@H](C)C2C(O1)[C@H](O)[C@@]1(C)C3CC[C@H]4C(C)(C)C(OC5CN(C(=O)CC6CC6)CCO5)CCC45CC35CCC21C. The molecule has 0 aromatic heterocycles. The maximum Gasteiger partial charge on any atom is 0.223 e. The van der Waals surface area contributed by atoms with Gasteiger partial charge in [-0.1, -0.05) is 34.6 Å². The molecule has 8 fully saturated rings. The number of rotatable bonds is 7. The van der Waals surface area contributed by atoms with Gasteiger partial charge in [-0.15, -0.1) is 0 Å². The topological polar surface area (TPSA) is 97.3 Å². The van der Waals surface area contributed by atoms with Crippen LogP contribution in [0.1, 0.15) is 119 Å². The minimum atomic E-state index is -0.457. The van der Waals surface area contributed by atoms with Gasteiger partial charge in [0.15, 0.2) is 6.29 Å². The second-order valence-electron chi connectivity index (χ2n) is 18.8. The zero-order valence-corrected chi connectivity index (χ0v) is 30.0. The minimum Gasteiger partial charge on any atom is -0.390 e. The van der Waals surface area contributed by atoms with Gasteiger partial charge in [0, 0.05) is 31.8 Å². The van der Waals surface area contributed by atoms with Gasteiger partial charge in [-0.05, 0) is 122 Å². The number of ether oxygens (including phenoxy) is 3. The van der Waals surface area contributed by atoms with Gasteiger partial charge < -0.3 is 29.5 Å². The molecule has 2 heterocycles. The van der Waals surface area contributed by atoms with Crippen LogP contribution >= 0.6 is 0 Å². The van der Waals surface area contributed by atoms with E-state index in [1.807, 2.05) is 4.90 Å². The van der Waals surface area contributed by atoms with E-state index in [0.717, 1.165) is 19.3 Å². The van der Waals surface area contributed by atoms with Crippen molar-refractivity contribution in [2.45, 2.75) is 149 Å². The van der Waals surface area contributed by atoms with E-state index in [4.69, 9.17) is 14.2 Å². The predicted octanol–water partition coefficient (Wildman–Crippen LogP) is 5.70. The van der Waals surface area contributed by atoms with Gasteiger partial charge in [0.05, 0.1) is 37.6 Å². The molecular formula is C39H62N2O6. The first-order chi connectivity index (χ1) is 22.3. The van der Waals surface area contributed by atoms with Crippen LogP contribution in [0, 0.1) is 56.7 Å². The van der Waals surface area contributed by atoms with Crippen LogP contribution in [-0.4, -0.2) is 78.8 Å². The third-order valence-electron chi connectivity index (χ3n) is 16.5. The first-order valence-electron chi connectivity index (χ1n) is 19.4. The summed E-state index contributed by atoms with van der Waals surface area (Å²) >= 11 is 0. The molecule has 8 aliphatic rings. The van der Waals surface area contributed by atoms with Crippen molar-refractivity contribution < 1.29 is 28.9 Å². The van der Waals surface area contributed by atoms with E-state index < -0.39 is 6.10 Å². The largest absolute Gasteiger partial charge is 0.390 e. The van der Waals surface area contributed by atoms with E-state index in [-0.39, 0.29) is 52.7 Å². The van der Waals surface area contributed by atoms with Crippen molar-refractivity contribution in [3.05, 3.63) is 0 Å². The van der Waals surface area contributed by atoms with Crippen LogP contribution in [0.2, 0.25) is 0 Å². The summed E-state index contributed by atoms with van der Waals surface area (Å²) in [5, 5.41) is 15.4. The average molecular weight is 655 g/mol. The molecule has 264 valence electrons. The third kappa shape index (κ3) is 4.72. The number of nitrogens with one attached hydrogen (secondary N) is 1. The summed E-state index contributed by atoms with van der Waals surface area (Å²) in [5.41, 5.74) is 0.563. The molecular weight excluding hydrogens is 592 g/mol. The Balaban J connectivity index is 0.983. The van der Waals surface area contributed by atoms with E-state index in [0.29, 0.717) is 73.1 Å². The normalized spacial score (nSPS) is 51.1. The van der Waals surface area contributed by atoms with Gasteiger partial charge in [-0.25, -0.2) is 0 Å². The lowest BCUT2D eigenvalue weighted by Gasteiger charge is -2.64. The molecule has 0 aromatic carbocycles. The summed E-state index contributed by atoms with van der Waals surface area (Å²) in [6, 6.07) is 0. The highest BCUT2D eigenvalue weighted by molar-refractivity contribution is 5.76. The number of hydrogen-bond donors (Lipinski definition) is 2. The van der Waals surface area contributed by atoms with Crippen molar-refractivity contribution in [2.24, 2.45) is 56.7 Å². The van der Waals surface area contributed by atoms with Gasteiger partial charge in [0.2, 0.25) is 11.8 Å². The molecule has 8 rings (SSSR count). The number of aliphatic hydroxyl groups is 1. The summed E-state index contributed by atoms with van der Waals surface area (Å²) in [6.45, 7) is 16.3. The Hall–Kier alpha value is -1.22. The number of carbonyl (C=O) groups is 2. The Bertz CT molecular complexity index is 1270. The van der Waals surface area contributed by atoms with Crippen LogP contribution in [0.3, 0.4) is 0 Å². The molecule has 2 aliphatic heterocycles. The first-order valence-corrected chi connectivity index (χ1v) is 19.4. The Morgan fingerprint density at radius 1 is 1.00 bits per heavy atom. The van der Waals surface area contributed by atoms with Crippen LogP contribution < -0.4 is 5.32 Å². The molecule has 2 saturated heterocycles. The summed E-state index contributed by atoms with van der Waals surface area (Å²) in [4.78, 5) is 26.4. The highest BCUT2D eigenvalue weighted by Crippen LogP contribution is 2.89. The van der Waals surface area contributed by atoms with Crippen LogP contribution in [0.4, 0.5) is 0 Å². The number of amides is 2. The Kier molecular flexibility index (Phi) is 7.81. The number of nitrogens with zero attached hydrogens (tertiary/aromatic N) is 1. The number of fused-ring (bicyclic) bond motifs is 4. The average Bonchev–Trinajstić information content (AvgIpc) is 3.94. The lowest BCUT2D eigenvalue weighted by molar-refractivity contribution is -0.248. The molecule has 2 N–H and O–H groups in total. The highest BCUT2D eigenvalue weighted by Gasteiger charge is 2.84. The molecule has 13 atom stereocenters. The van der Waals surface area contributed by atoms with Crippen LogP contribution in [0.15, 0.2) is 0 Å². The van der Waals surface area contributed by atoms with Gasteiger partial charge >= 0.3 is 0 Å². The van der Waals surface area contributed by atoms with Gasteiger partial charge in [0.25, 0.3) is 0 Å². The van der Waals surface area contributed by atoms with E-state index in [1.165, 1.54) is 51.4 Å². The zero-order chi connectivity index (χ0) is 33.1. The minimum absolute atomic E-state index is 0.00584. The molecule has 6 saturated carbocycles. The third-order valence-corrected chi connectivity index (χ3v) is 16.5. The highest BCUT2D eigenvalue weighted by atomic mass is 16.7. The van der Waals surface area contributed by atoms with Crippen LogP contribution in [0.5, 0.6) is 0 Å². The smallest absolute Gasteiger partial charge is 0.223 e. The Morgan fingerprint density at radius 3 is 2.49 bits per heavy atom. The van der Waals surface area contributed by atoms with Crippen LogP contribution in [-0.2, 0) is 23.8 Å². The molecule has 9 unspecified atom stereocenters. The summed E-state index contributed by atoms with van der Waals surface area (Å²) < 4.78 is 19.8. The van der Waals surface area contributed by atoms with E-state index in [1.54, 1.807) is 6.92 Å². The summed E-state index contributed by atoms with van der Waals surface area (Å²) in [6.07, 6.45) is 12.6. The lowest BCUT2D eigenvalue weighted by atomic mass is 9.41. The maximum atomic E-state index is 12.9. The van der Waals surface area contributed by atoms with Crippen LogP contribution in [0.25, 0.3) is 0 Å². The standard InChI is InChI=1S/C39H62N2O6/c1-23-19-26(12-16-40-24(2)42)46-33-32(23)36(5)14-15-39-22-38(39)13-11-29(35(3,4)27(38)9-10-28(39)37(36,6)34(33)44)47-31-21-41(17-18-45-31)30(43)20-25-7-8-25/h23,25-29,31-34,44H,7-22H2,1-6H3,(H,40,42)/t23-,26?,27+,28?,29?,31?,32?,33?,34+,36?,37-,38?,39?/m1/s1. The van der Waals surface area contributed by atoms with Crippen molar-refractivity contribution >= 4 is 11.8 Å². The van der Waals surface area contributed by atoms with Gasteiger partial charge in [-0.3, -0.25) is 9.59 Å². The fraction of sp³-hybridized carbons (Fsp3) is 0.949. The Labute approximate surface area is 282 Å². The Morgan fingerprint density at radius 2 is 1.74 bits per heavy atom. The molecule has 2 amide bonds. The molecule has 8 heteroatoms. The predicted molar refractivity (Wildman–Crippen MR) is 178 cm³/mol. The zero-order valence-electron chi connectivity index (χ0n) is 30.0. The second kappa shape index (κ2) is 11.1. The number of aliphatic hydroxyl groups excluding tert-OH is 1. The quantitative estimate of drug-likeness (QED) is 0.366. The first kappa shape index (κ1) is 33.0. The molecule has 0 radical (unpaired) electrons. The number of morpholine rings is 1. The van der Waals surface area contributed by atoms with Gasteiger partial charge in [0.1, 0.15) is 0 Å². The molecule has 0 aromatic rings. The fourth-order valence-corrected chi connectivity index (χ4v) is 14.0. The number of hydrogen-bond acceptors (Lipinski definition) is 6. The van der Waals surface area contributed by atoms with Crippen molar-refractivity contribution in [2.75, 3.05) is 26.2 Å². The van der Waals surface area contributed by atoms with Crippen molar-refractivity contribution in [1.29, 1.82) is 0 Å². The maximum absolute atomic E-state index is 12.9. The van der Waals surface area contributed by atoms with Crippen molar-refractivity contribution in [3.63, 3.8) is 0 Å². The van der Waals surface area contributed by atoms with Crippen molar-refractivity contribution in [1.82, 2.24) is 10.2 Å². The summed E-state index contributed by atoms with van der Waals surface area (Å²) in [7, 11) is 0. The van der Waals surface area contributed by atoms with E-state index in [2.05, 4.69) is 39.9 Å². The molecule has 47 heavy (non-hydrogen) atoms. The van der Waals surface area contributed by atoms with Gasteiger partial charge in [-0.2, -0.15) is 0 Å². The fourth-order valence-electron chi connectivity index (χ4n) is 14.0.